The summed E-state index contributed by atoms with van der Waals surface area (Å²) in [6, 6.07) is 5.89. The van der Waals surface area contributed by atoms with Crippen molar-refractivity contribution in [3.05, 3.63) is 60.6 Å². The second-order valence-electron chi connectivity index (χ2n) is 7.24. The van der Waals surface area contributed by atoms with Crippen molar-refractivity contribution < 1.29 is 9.53 Å². The molecule has 0 aliphatic carbocycles. The smallest absolute Gasteiger partial charge is 0.263 e. The Morgan fingerprint density at radius 1 is 1.23 bits per heavy atom. The number of carbonyl (C=O) groups is 1. The van der Waals surface area contributed by atoms with Crippen LogP contribution in [0.4, 0.5) is 5.82 Å². The van der Waals surface area contributed by atoms with Crippen molar-refractivity contribution in [1.82, 2.24) is 34.3 Å². The molecule has 0 unspecified atom stereocenters. The molecule has 0 spiro atoms. The summed E-state index contributed by atoms with van der Waals surface area (Å²) in [5.74, 6) is 1.77. The summed E-state index contributed by atoms with van der Waals surface area (Å²) in [6.45, 7) is 2.17. The van der Waals surface area contributed by atoms with Gasteiger partial charge in [-0.2, -0.15) is 0 Å². The molecule has 0 saturated heterocycles. The maximum atomic E-state index is 12.9. The molecular weight excluding hydrogens is 396 g/mol. The van der Waals surface area contributed by atoms with Gasteiger partial charge >= 0.3 is 0 Å². The van der Waals surface area contributed by atoms with Gasteiger partial charge in [0.05, 0.1) is 30.9 Å². The van der Waals surface area contributed by atoms with Crippen LogP contribution in [0.25, 0.3) is 17.2 Å². The van der Waals surface area contributed by atoms with Gasteiger partial charge in [-0.15, -0.1) is 5.10 Å². The van der Waals surface area contributed by atoms with E-state index >= 15 is 0 Å². The molecule has 1 aliphatic heterocycles. The van der Waals surface area contributed by atoms with Crippen molar-refractivity contribution in [1.29, 1.82) is 0 Å². The quantitative estimate of drug-likeness (QED) is 0.532. The molecule has 5 heterocycles. The third-order valence-corrected chi connectivity index (χ3v) is 5.26. The second kappa shape index (κ2) is 7.63. The van der Waals surface area contributed by atoms with Crippen LogP contribution in [-0.2, 0) is 6.42 Å². The van der Waals surface area contributed by atoms with Crippen LogP contribution in [-0.4, -0.2) is 47.3 Å². The number of aromatic nitrogens is 7. The van der Waals surface area contributed by atoms with E-state index in [1.54, 1.807) is 30.9 Å². The maximum absolute atomic E-state index is 12.9. The zero-order valence-electron chi connectivity index (χ0n) is 17.1. The molecule has 1 N–H and O–H groups in total. The molecule has 31 heavy (non-hydrogen) atoms. The van der Waals surface area contributed by atoms with E-state index in [2.05, 4.69) is 41.8 Å². The largest absolute Gasteiger partial charge is 0.479 e. The predicted molar refractivity (Wildman–Crippen MR) is 112 cm³/mol. The first-order valence-corrected chi connectivity index (χ1v) is 9.89. The molecule has 1 atom stereocenters. The molecule has 4 aromatic heterocycles. The number of hydrogen-bond donors (Lipinski definition) is 1. The summed E-state index contributed by atoms with van der Waals surface area (Å²) in [6.07, 6.45) is 10.1. The summed E-state index contributed by atoms with van der Waals surface area (Å²) in [7, 11) is 1.46. The first kappa shape index (κ1) is 18.9. The Morgan fingerprint density at radius 3 is 2.94 bits per heavy atom. The monoisotopic (exact) mass is 416 g/mol. The number of ether oxygens (including phenoxy) is 1. The number of rotatable bonds is 5. The first-order chi connectivity index (χ1) is 15.1. The zero-order chi connectivity index (χ0) is 21.4. The van der Waals surface area contributed by atoms with E-state index in [0.29, 0.717) is 17.7 Å². The standard InChI is InChI=1S/C21H20N8O2/c1-13-6-7-18-24-10-16(29(13)18)15-4-3-5-17(25-15)26-20(30)14-12-28(27-21(14)31-2)19-11-22-8-9-23-19/h3-5,8-13H,6-7H2,1-2H3,(H,25,26,30)/t13-/m0/s1. The number of carbonyl (C=O) groups excluding carboxylic acids is 1. The molecule has 0 bridgehead atoms. The normalized spacial score (nSPS) is 15.0. The van der Waals surface area contributed by atoms with Crippen LogP contribution in [0.1, 0.15) is 35.6 Å². The van der Waals surface area contributed by atoms with Crippen LogP contribution in [0.3, 0.4) is 0 Å². The third kappa shape index (κ3) is 3.41. The van der Waals surface area contributed by atoms with E-state index in [1.165, 1.54) is 11.8 Å². The van der Waals surface area contributed by atoms with Gasteiger partial charge in [0, 0.05) is 31.1 Å². The minimum absolute atomic E-state index is 0.182. The third-order valence-electron chi connectivity index (χ3n) is 5.26. The van der Waals surface area contributed by atoms with Crippen LogP contribution in [0.15, 0.2) is 49.2 Å². The fraction of sp³-hybridized carbons (Fsp3) is 0.238. The van der Waals surface area contributed by atoms with Gasteiger partial charge in [-0.25, -0.2) is 19.6 Å². The first-order valence-electron chi connectivity index (χ1n) is 9.89. The minimum atomic E-state index is -0.386. The average Bonchev–Trinajstić information content (AvgIpc) is 3.51. The Morgan fingerprint density at radius 2 is 2.13 bits per heavy atom. The molecule has 1 aliphatic rings. The van der Waals surface area contributed by atoms with Crippen molar-refractivity contribution >= 4 is 11.7 Å². The van der Waals surface area contributed by atoms with Crippen molar-refractivity contribution in [2.45, 2.75) is 25.8 Å². The van der Waals surface area contributed by atoms with Crippen LogP contribution in [0, 0.1) is 0 Å². The van der Waals surface area contributed by atoms with Gasteiger partial charge in [0.2, 0.25) is 5.88 Å². The average molecular weight is 416 g/mol. The Labute approximate surface area is 178 Å². The summed E-state index contributed by atoms with van der Waals surface area (Å²) in [5.41, 5.74) is 1.97. The summed E-state index contributed by atoms with van der Waals surface area (Å²) in [5, 5.41) is 7.10. The van der Waals surface area contributed by atoms with Gasteiger partial charge < -0.3 is 14.6 Å². The van der Waals surface area contributed by atoms with Crippen molar-refractivity contribution in [3.63, 3.8) is 0 Å². The number of hydrogen-bond acceptors (Lipinski definition) is 7. The number of imidazole rings is 1. The fourth-order valence-corrected chi connectivity index (χ4v) is 3.75. The van der Waals surface area contributed by atoms with E-state index in [9.17, 15) is 4.79 Å². The molecule has 4 aromatic rings. The van der Waals surface area contributed by atoms with E-state index in [0.717, 1.165) is 30.1 Å². The summed E-state index contributed by atoms with van der Waals surface area (Å²) in [4.78, 5) is 30.3. The molecular formula is C21H20N8O2. The number of anilines is 1. The lowest BCUT2D eigenvalue weighted by Gasteiger charge is -2.12. The van der Waals surface area contributed by atoms with Crippen LogP contribution in [0.2, 0.25) is 0 Å². The van der Waals surface area contributed by atoms with Crippen molar-refractivity contribution in [2.24, 2.45) is 0 Å². The van der Waals surface area contributed by atoms with Crippen LogP contribution < -0.4 is 10.1 Å². The van der Waals surface area contributed by atoms with Crippen molar-refractivity contribution in [3.8, 4) is 23.1 Å². The summed E-state index contributed by atoms with van der Waals surface area (Å²) >= 11 is 0. The number of methoxy groups -OCH3 is 1. The van der Waals surface area contributed by atoms with Gasteiger partial charge in [-0.1, -0.05) is 6.07 Å². The molecule has 0 saturated carbocycles. The van der Waals surface area contributed by atoms with E-state index in [4.69, 9.17) is 4.74 Å². The Hall–Kier alpha value is -4.08. The minimum Gasteiger partial charge on any atom is -0.479 e. The molecule has 10 nitrogen and oxygen atoms in total. The highest BCUT2D eigenvalue weighted by Crippen LogP contribution is 2.31. The summed E-state index contributed by atoms with van der Waals surface area (Å²) < 4.78 is 8.93. The number of nitrogens with zero attached hydrogens (tertiary/aromatic N) is 7. The molecule has 0 aromatic carbocycles. The maximum Gasteiger partial charge on any atom is 0.263 e. The molecule has 5 rings (SSSR count). The molecule has 10 heteroatoms. The Bertz CT molecular complexity index is 1250. The number of aryl methyl sites for hydroxylation is 1. The predicted octanol–water partition coefficient (Wildman–Crippen LogP) is 2.69. The second-order valence-corrected chi connectivity index (χ2v) is 7.24. The number of pyridine rings is 1. The molecule has 1 amide bonds. The topological polar surface area (TPSA) is 113 Å². The Kier molecular flexibility index (Phi) is 4.66. The zero-order valence-corrected chi connectivity index (χ0v) is 17.1. The lowest BCUT2D eigenvalue weighted by Crippen LogP contribution is -2.13. The van der Waals surface area contributed by atoms with Crippen LogP contribution in [0.5, 0.6) is 5.88 Å². The number of amides is 1. The number of nitrogens with one attached hydrogen (secondary N) is 1. The van der Waals surface area contributed by atoms with Gasteiger partial charge in [0.15, 0.2) is 5.82 Å². The van der Waals surface area contributed by atoms with Gasteiger partial charge in [0.25, 0.3) is 5.91 Å². The Balaban J connectivity index is 1.42. The lowest BCUT2D eigenvalue weighted by atomic mass is 10.2. The highest BCUT2D eigenvalue weighted by molar-refractivity contribution is 6.05. The van der Waals surface area contributed by atoms with Crippen molar-refractivity contribution in [2.75, 3.05) is 12.4 Å². The fourth-order valence-electron chi connectivity index (χ4n) is 3.75. The van der Waals surface area contributed by atoms with Gasteiger partial charge in [0.1, 0.15) is 17.2 Å². The highest BCUT2D eigenvalue weighted by atomic mass is 16.5. The van der Waals surface area contributed by atoms with Gasteiger partial charge in [-0.3, -0.25) is 9.78 Å². The lowest BCUT2D eigenvalue weighted by molar-refractivity contribution is 0.102. The molecule has 0 fully saturated rings. The molecule has 0 radical (unpaired) electrons. The highest BCUT2D eigenvalue weighted by Gasteiger charge is 2.24. The van der Waals surface area contributed by atoms with E-state index in [-0.39, 0.29) is 17.4 Å². The molecule has 156 valence electrons. The van der Waals surface area contributed by atoms with E-state index < -0.39 is 0 Å². The SMILES string of the molecule is COc1nn(-c2cnccn2)cc1C(=O)Nc1cccc(-c2cnc3n2[C@@H](C)CC3)n1. The number of fused-ring (bicyclic) bond motifs is 1. The van der Waals surface area contributed by atoms with Gasteiger partial charge in [-0.05, 0) is 25.5 Å². The van der Waals surface area contributed by atoms with E-state index in [1.807, 2.05) is 18.3 Å². The van der Waals surface area contributed by atoms with Crippen LogP contribution >= 0.6 is 0 Å².